The second-order valence-corrected chi connectivity index (χ2v) is 12.6. The van der Waals surface area contributed by atoms with Crippen molar-refractivity contribution >= 4 is 34.0 Å². The summed E-state index contributed by atoms with van der Waals surface area (Å²) in [7, 11) is -4.88. The molecule has 0 amide bonds. The molecule has 0 fully saturated rings. The van der Waals surface area contributed by atoms with E-state index in [1.165, 1.54) is 21.5 Å². The highest BCUT2D eigenvalue weighted by Crippen LogP contribution is 2.33. The van der Waals surface area contributed by atoms with Gasteiger partial charge in [-0.25, -0.2) is 8.42 Å². The van der Waals surface area contributed by atoms with Crippen molar-refractivity contribution in [1.29, 1.82) is 0 Å². The average molecular weight is 477 g/mol. The summed E-state index contributed by atoms with van der Waals surface area (Å²) < 4.78 is 29.5. The van der Waals surface area contributed by atoms with Crippen LogP contribution in [0, 0.1) is 0 Å². The van der Waals surface area contributed by atoms with E-state index in [1.807, 2.05) is 6.92 Å². The highest BCUT2D eigenvalue weighted by molar-refractivity contribution is 7.85. The minimum atomic E-state index is -3.94. The molecule has 0 aliphatic rings. The zero-order chi connectivity index (χ0) is 22.9. The average Bonchev–Trinajstić information content (AvgIpc) is 2.74. The zero-order valence-corrected chi connectivity index (χ0v) is 21.1. The topological polar surface area (TPSA) is 57.2 Å². The fourth-order valence-corrected chi connectivity index (χ4v) is 6.36. The number of rotatable bonds is 6. The Morgan fingerprint density at radius 1 is 0.750 bits per heavy atom. The largest absolute Gasteiger partial charge is 0.748 e. The fourth-order valence-electron chi connectivity index (χ4n) is 3.17. The van der Waals surface area contributed by atoms with E-state index < -0.39 is 18.0 Å². The van der Waals surface area contributed by atoms with Crippen LogP contribution in [0.1, 0.15) is 46.1 Å². The first kappa shape index (κ1) is 28.0. The molecule has 3 aromatic rings. The van der Waals surface area contributed by atoms with Crippen LogP contribution >= 0.6 is 7.92 Å². The molecule has 0 atom stereocenters. The van der Waals surface area contributed by atoms with Crippen molar-refractivity contribution in [3.63, 3.8) is 0 Å². The molecule has 3 nitrogen and oxygen atoms in total. The molecular formula is C26H34FO3PS. The Morgan fingerprint density at radius 3 is 1.47 bits per heavy atom. The van der Waals surface area contributed by atoms with Crippen molar-refractivity contribution in [3.05, 3.63) is 90.5 Å². The molecule has 0 saturated heterocycles. The van der Waals surface area contributed by atoms with Crippen LogP contribution in [0.25, 0.3) is 0 Å². The smallest absolute Gasteiger partial charge is 0.102 e. The molecule has 0 spiro atoms. The molecule has 0 bridgehead atoms. The second-order valence-electron chi connectivity index (χ2n) is 8.55. The maximum absolute atomic E-state index is 9.83. The third kappa shape index (κ3) is 9.20. The van der Waals surface area contributed by atoms with Gasteiger partial charge in [0, 0.05) is 5.75 Å². The van der Waals surface area contributed by atoms with Crippen LogP contribution < -0.4 is 15.9 Å². The first-order valence-corrected chi connectivity index (χ1v) is 13.7. The maximum Gasteiger partial charge on any atom is 0.102 e. The van der Waals surface area contributed by atoms with Gasteiger partial charge in [-0.15, -0.1) is 0 Å². The summed E-state index contributed by atoms with van der Waals surface area (Å²) in [6.45, 7) is 8.64. The van der Waals surface area contributed by atoms with Crippen LogP contribution in [0.15, 0.2) is 84.9 Å². The quantitative estimate of drug-likeness (QED) is 0.373. The van der Waals surface area contributed by atoms with E-state index in [2.05, 4.69) is 106 Å². The highest BCUT2D eigenvalue weighted by Gasteiger charge is 2.25. The Balaban J connectivity index is 0.000000491. The lowest BCUT2D eigenvalue weighted by molar-refractivity contribution is 0.461. The van der Waals surface area contributed by atoms with Gasteiger partial charge in [-0.1, -0.05) is 82.6 Å². The summed E-state index contributed by atoms with van der Waals surface area (Å²) in [6.07, 6.45) is 1.23. The van der Waals surface area contributed by atoms with Gasteiger partial charge in [-0.05, 0) is 53.8 Å². The summed E-state index contributed by atoms with van der Waals surface area (Å²) in [5, 5.41) is 4.32. The summed E-state index contributed by atoms with van der Waals surface area (Å²) in [5.74, 6) is -0.219. The van der Waals surface area contributed by atoms with Crippen LogP contribution in [0.2, 0.25) is 0 Å². The molecule has 174 valence electrons. The van der Waals surface area contributed by atoms with Gasteiger partial charge < -0.3 is 4.55 Å². The van der Waals surface area contributed by atoms with Crippen molar-refractivity contribution in [1.82, 2.24) is 0 Å². The normalized spacial score (nSPS) is 11.3. The lowest BCUT2D eigenvalue weighted by Crippen LogP contribution is -2.21. The van der Waals surface area contributed by atoms with Gasteiger partial charge in [-0.2, -0.15) is 0 Å². The van der Waals surface area contributed by atoms with Crippen LogP contribution in [0.4, 0.5) is 4.70 Å². The van der Waals surface area contributed by atoms with E-state index in [1.54, 1.807) is 0 Å². The molecule has 0 unspecified atom stereocenters. The molecule has 0 heterocycles. The predicted octanol–water partition coefficient (Wildman–Crippen LogP) is 4.96. The van der Waals surface area contributed by atoms with E-state index in [4.69, 9.17) is 0 Å². The Morgan fingerprint density at radius 2 is 1.16 bits per heavy atom. The Hall–Kier alpha value is -2.07. The Bertz CT molecular complexity index is 977. The van der Waals surface area contributed by atoms with Crippen LogP contribution in [-0.2, 0) is 15.5 Å². The molecule has 0 saturated carbocycles. The Labute approximate surface area is 193 Å². The Kier molecular flexibility index (Phi) is 11.2. The molecule has 3 aromatic carbocycles. The summed E-state index contributed by atoms with van der Waals surface area (Å²) in [6, 6.07) is 31.1. The summed E-state index contributed by atoms with van der Waals surface area (Å²) in [4.78, 5) is 0. The van der Waals surface area contributed by atoms with Gasteiger partial charge in [-0.3, -0.25) is 4.70 Å². The highest BCUT2D eigenvalue weighted by atomic mass is 32.2. The van der Waals surface area contributed by atoms with Gasteiger partial charge in [0.25, 0.3) is 0 Å². The first-order valence-electron chi connectivity index (χ1n) is 10.6. The molecule has 6 heteroatoms. The van der Waals surface area contributed by atoms with E-state index >= 15 is 0 Å². The first-order chi connectivity index (χ1) is 14.6. The monoisotopic (exact) mass is 476 g/mol. The fraction of sp³-hybridized carbons (Fsp3) is 0.308. The molecule has 0 aromatic heterocycles. The lowest BCUT2D eigenvalue weighted by atomic mass is 9.87. The number of halogens is 1. The third-order valence-electron chi connectivity index (χ3n) is 4.91. The molecule has 0 aliphatic carbocycles. The van der Waals surface area contributed by atoms with Crippen LogP contribution in [-0.4, -0.2) is 18.7 Å². The summed E-state index contributed by atoms with van der Waals surface area (Å²) in [5.41, 5.74) is 1.59. The van der Waals surface area contributed by atoms with Crippen molar-refractivity contribution in [2.75, 3.05) is 5.75 Å². The van der Waals surface area contributed by atoms with Gasteiger partial charge in [0.2, 0.25) is 0 Å². The van der Waals surface area contributed by atoms with Crippen molar-refractivity contribution < 1.29 is 17.7 Å². The molecule has 0 N–H and O–H groups in total. The van der Waals surface area contributed by atoms with Crippen LogP contribution in [0.5, 0.6) is 0 Å². The van der Waals surface area contributed by atoms with E-state index in [0.29, 0.717) is 6.42 Å². The van der Waals surface area contributed by atoms with Gasteiger partial charge in [0.15, 0.2) is 0 Å². The van der Waals surface area contributed by atoms with Crippen molar-refractivity contribution in [3.8, 4) is 0 Å². The lowest BCUT2D eigenvalue weighted by Gasteiger charge is -2.19. The molecule has 32 heavy (non-hydrogen) atoms. The molecular weight excluding hydrogens is 442 g/mol. The third-order valence-corrected chi connectivity index (χ3v) is 8.43. The van der Waals surface area contributed by atoms with Gasteiger partial charge in [0.1, 0.15) is 15.9 Å². The minimum Gasteiger partial charge on any atom is -0.748 e. The number of hydrogen-bond donors (Lipinski definition) is 0. The molecule has 0 aliphatic heterocycles. The minimum absolute atomic E-state index is 0. The second kappa shape index (κ2) is 12.8. The maximum atomic E-state index is 9.83. The van der Waals surface area contributed by atoms with E-state index in [9.17, 15) is 13.0 Å². The van der Waals surface area contributed by atoms with Crippen molar-refractivity contribution in [2.45, 2.75) is 46.0 Å². The zero-order valence-electron chi connectivity index (χ0n) is 19.2. The predicted molar refractivity (Wildman–Crippen MR) is 137 cm³/mol. The standard InChI is InChI=1S/C22H23P.C4H10O3S.FH/c1-22(2,3)18-14-16-21(17-15-18)23(19-10-6-4-7-11-19)20-12-8-5-9-13-20;1-2-3-4-8(5,6)7;/h4-17H,1-3H3;2-4H2,1H3,(H,5,6,7);1H. The van der Waals surface area contributed by atoms with Crippen molar-refractivity contribution in [2.24, 2.45) is 0 Å². The number of unbranched alkanes of at least 4 members (excludes halogenated alkanes) is 1. The number of hydrogen-bond acceptors (Lipinski definition) is 3. The van der Waals surface area contributed by atoms with E-state index in [0.717, 1.165) is 6.42 Å². The molecule has 3 rings (SSSR count). The molecule has 0 radical (unpaired) electrons. The van der Waals surface area contributed by atoms with Gasteiger partial charge in [0.05, 0.1) is 18.0 Å². The number of benzene rings is 3. The van der Waals surface area contributed by atoms with Crippen LogP contribution in [0.3, 0.4) is 0 Å². The SMILES string of the molecule is CC(C)(C)c1ccc([PH+](c2ccccc2)c2ccccc2)cc1.CCCCS(=O)(=O)[O-].F. The summed E-state index contributed by atoms with van der Waals surface area (Å²) >= 11 is 0. The van der Waals surface area contributed by atoms with Gasteiger partial charge >= 0.3 is 0 Å². The van der Waals surface area contributed by atoms with E-state index in [-0.39, 0.29) is 15.9 Å².